The minimum absolute atomic E-state index is 0.393. The molecule has 9 heteroatoms. The van der Waals surface area contributed by atoms with Gasteiger partial charge in [-0.1, -0.05) is 12.1 Å². The first kappa shape index (κ1) is 19.4. The third-order valence-corrected chi connectivity index (χ3v) is 5.06. The molecule has 3 aromatic rings. The average molecular weight is 410 g/mol. The summed E-state index contributed by atoms with van der Waals surface area (Å²) in [6.45, 7) is 0.873. The Bertz CT molecular complexity index is 1150. The lowest BCUT2D eigenvalue weighted by Gasteiger charge is -2.22. The molecule has 0 aliphatic carbocycles. The number of carbonyl (C=O) groups is 3. The molecule has 1 aliphatic rings. The van der Waals surface area contributed by atoms with Crippen LogP contribution in [0.2, 0.25) is 0 Å². The standard InChI is InChI=1S/C21H16F2N4O3/c1-21(13-2-5-15(6-3-13)26-9-8-24-12-26)19(29)27(20(30)25-21)11-18(28)16-7-4-14(22)10-17(16)23/h2-10,12H,11H2,1H3,(H,25,30). The lowest BCUT2D eigenvalue weighted by atomic mass is 9.92. The number of aromatic nitrogens is 2. The Balaban J connectivity index is 1.56. The van der Waals surface area contributed by atoms with E-state index in [0.717, 1.165) is 22.7 Å². The smallest absolute Gasteiger partial charge is 0.319 e. The Morgan fingerprint density at radius 1 is 1.13 bits per heavy atom. The quantitative estimate of drug-likeness (QED) is 0.518. The normalized spacial score (nSPS) is 18.6. The second-order valence-corrected chi connectivity index (χ2v) is 7.01. The minimum Gasteiger partial charge on any atom is -0.319 e. The molecular weight excluding hydrogens is 394 g/mol. The lowest BCUT2D eigenvalue weighted by molar-refractivity contribution is -0.130. The number of imidazole rings is 1. The maximum Gasteiger partial charge on any atom is 0.325 e. The van der Waals surface area contributed by atoms with Crippen LogP contribution in [0.1, 0.15) is 22.8 Å². The van der Waals surface area contributed by atoms with E-state index in [9.17, 15) is 23.2 Å². The molecular formula is C21H16F2N4O3. The van der Waals surface area contributed by atoms with Crippen LogP contribution in [-0.4, -0.2) is 38.7 Å². The van der Waals surface area contributed by atoms with Gasteiger partial charge >= 0.3 is 6.03 Å². The van der Waals surface area contributed by atoms with Gasteiger partial charge in [-0.25, -0.2) is 18.6 Å². The first-order valence-electron chi connectivity index (χ1n) is 9.01. The van der Waals surface area contributed by atoms with E-state index in [0.29, 0.717) is 11.6 Å². The Labute approximate surface area is 169 Å². The summed E-state index contributed by atoms with van der Waals surface area (Å²) >= 11 is 0. The Morgan fingerprint density at radius 2 is 1.87 bits per heavy atom. The zero-order valence-corrected chi connectivity index (χ0v) is 15.8. The SMILES string of the molecule is CC1(c2ccc(-n3ccnc3)cc2)NC(=O)N(CC(=O)c2ccc(F)cc2F)C1=O. The van der Waals surface area contributed by atoms with Crippen molar-refractivity contribution in [1.82, 2.24) is 19.8 Å². The van der Waals surface area contributed by atoms with E-state index in [1.54, 1.807) is 47.6 Å². The van der Waals surface area contributed by atoms with Crippen LogP contribution >= 0.6 is 0 Å². The van der Waals surface area contributed by atoms with Gasteiger partial charge in [0, 0.05) is 24.1 Å². The highest BCUT2D eigenvalue weighted by molar-refractivity contribution is 6.11. The van der Waals surface area contributed by atoms with Gasteiger partial charge in [0.2, 0.25) is 0 Å². The number of amides is 3. The highest BCUT2D eigenvalue weighted by atomic mass is 19.1. The van der Waals surface area contributed by atoms with E-state index in [1.165, 1.54) is 6.92 Å². The largest absolute Gasteiger partial charge is 0.325 e. The van der Waals surface area contributed by atoms with Crippen molar-refractivity contribution in [2.75, 3.05) is 6.54 Å². The maximum absolute atomic E-state index is 13.9. The second kappa shape index (κ2) is 7.18. The molecule has 3 amide bonds. The van der Waals surface area contributed by atoms with Crippen LogP contribution in [0.3, 0.4) is 0 Å². The highest BCUT2D eigenvalue weighted by Crippen LogP contribution is 2.29. The van der Waals surface area contributed by atoms with Gasteiger partial charge in [0.25, 0.3) is 5.91 Å². The van der Waals surface area contributed by atoms with Crippen LogP contribution in [0, 0.1) is 11.6 Å². The molecule has 0 bridgehead atoms. The van der Waals surface area contributed by atoms with Crippen LogP contribution in [-0.2, 0) is 10.3 Å². The molecule has 7 nitrogen and oxygen atoms in total. The summed E-state index contributed by atoms with van der Waals surface area (Å²) in [7, 11) is 0. The molecule has 30 heavy (non-hydrogen) atoms. The van der Waals surface area contributed by atoms with Crippen LogP contribution in [0.15, 0.2) is 61.2 Å². The van der Waals surface area contributed by atoms with Crippen molar-refractivity contribution in [3.05, 3.63) is 83.9 Å². The molecule has 1 saturated heterocycles. The van der Waals surface area contributed by atoms with Crippen LogP contribution in [0.25, 0.3) is 5.69 Å². The van der Waals surface area contributed by atoms with E-state index >= 15 is 0 Å². The second-order valence-electron chi connectivity index (χ2n) is 7.01. The Morgan fingerprint density at radius 3 is 2.50 bits per heavy atom. The van der Waals surface area contributed by atoms with Crippen LogP contribution < -0.4 is 5.32 Å². The average Bonchev–Trinajstić information content (AvgIpc) is 3.32. The third-order valence-electron chi connectivity index (χ3n) is 5.06. The summed E-state index contributed by atoms with van der Waals surface area (Å²) in [5, 5.41) is 2.59. The fraction of sp³-hybridized carbons (Fsp3) is 0.143. The molecule has 0 radical (unpaired) electrons. The van der Waals surface area contributed by atoms with Crippen molar-refractivity contribution in [2.45, 2.75) is 12.5 Å². The highest BCUT2D eigenvalue weighted by Gasteiger charge is 2.49. The number of hydrogen-bond donors (Lipinski definition) is 1. The van der Waals surface area contributed by atoms with Gasteiger partial charge < -0.3 is 9.88 Å². The fourth-order valence-corrected chi connectivity index (χ4v) is 3.36. The molecule has 0 spiro atoms. The van der Waals surface area contributed by atoms with Crippen LogP contribution in [0.4, 0.5) is 13.6 Å². The zero-order valence-electron chi connectivity index (χ0n) is 15.8. The maximum atomic E-state index is 13.9. The van der Waals surface area contributed by atoms with Gasteiger partial charge in [-0.15, -0.1) is 0 Å². The van der Waals surface area contributed by atoms with Gasteiger partial charge in [0.15, 0.2) is 5.78 Å². The molecule has 2 aromatic carbocycles. The molecule has 1 N–H and O–H groups in total. The molecule has 0 saturated carbocycles. The minimum atomic E-state index is -1.38. The van der Waals surface area contributed by atoms with E-state index in [2.05, 4.69) is 10.3 Å². The summed E-state index contributed by atoms with van der Waals surface area (Å²) in [5.41, 5.74) is -0.440. The molecule has 1 unspecified atom stereocenters. The lowest BCUT2D eigenvalue weighted by Crippen LogP contribution is -2.41. The predicted octanol–water partition coefficient (Wildman–Crippen LogP) is 2.80. The summed E-state index contributed by atoms with van der Waals surface area (Å²) in [6.07, 6.45) is 5.02. The van der Waals surface area contributed by atoms with Gasteiger partial charge in [-0.05, 0) is 36.8 Å². The predicted molar refractivity (Wildman–Crippen MR) is 102 cm³/mol. The summed E-state index contributed by atoms with van der Waals surface area (Å²) in [6, 6.07) is 8.65. The third kappa shape index (κ3) is 3.24. The van der Waals surface area contributed by atoms with Gasteiger partial charge in [0.05, 0.1) is 18.4 Å². The van der Waals surface area contributed by atoms with Crippen molar-refractivity contribution in [3.8, 4) is 5.69 Å². The van der Waals surface area contributed by atoms with Crippen molar-refractivity contribution in [2.24, 2.45) is 0 Å². The summed E-state index contributed by atoms with van der Waals surface area (Å²) < 4.78 is 28.7. The first-order valence-corrected chi connectivity index (χ1v) is 9.01. The number of rotatable bonds is 5. The number of ketones is 1. The topological polar surface area (TPSA) is 84.3 Å². The van der Waals surface area contributed by atoms with Crippen LogP contribution in [0.5, 0.6) is 0 Å². The monoisotopic (exact) mass is 410 g/mol. The zero-order chi connectivity index (χ0) is 21.5. The number of urea groups is 1. The van der Waals surface area contributed by atoms with E-state index < -0.39 is 47.0 Å². The number of imide groups is 1. The van der Waals surface area contributed by atoms with Gasteiger partial charge in [-0.2, -0.15) is 0 Å². The van der Waals surface area contributed by atoms with E-state index in [1.807, 2.05) is 0 Å². The number of halogens is 2. The molecule has 1 fully saturated rings. The van der Waals surface area contributed by atoms with Crippen molar-refractivity contribution < 1.29 is 23.2 Å². The van der Waals surface area contributed by atoms with Crippen molar-refractivity contribution >= 4 is 17.7 Å². The number of benzene rings is 2. The molecule has 4 rings (SSSR count). The molecule has 152 valence electrons. The number of Topliss-reactive ketones (excluding diaryl/α,β-unsaturated/α-hetero) is 1. The Kier molecular flexibility index (Phi) is 4.65. The molecule has 2 heterocycles. The molecule has 1 aromatic heterocycles. The first-order chi connectivity index (χ1) is 14.3. The Hall–Kier alpha value is -3.88. The number of nitrogens with one attached hydrogen (secondary N) is 1. The number of nitrogens with zero attached hydrogens (tertiary/aromatic N) is 3. The van der Waals surface area contributed by atoms with Crippen molar-refractivity contribution in [3.63, 3.8) is 0 Å². The molecule has 1 aliphatic heterocycles. The number of hydrogen-bond acceptors (Lipinski definition) is 4. The molecule has 1 atom stereocenters. The van der Waals surface area contributed by atoms with E-state index in [4.69, 9.17) is 0 Å². The summed E-state index contributed by atoms with van der Waals surface area (Å²) in [5.74, 6) is -3.33. The van der Waals surface area contributed by atoms with Gasteiger partial charge in [-0.3, -0.25) is 14.5 Å². The summed E-state index contributed by atoms with van der Waals surface area (Å²) in [4.78, 5) is 42.5. The van der Waals surface area contributed by atoms with Gasteiger partial charge in [0.1, 0.15) is 17.2 Å². The van der Waals surface area contributed by atoms with E-state index in [-0.39, 0.29) is 0 Å². The number of carbonyl (C=O) groups excluding carboxylic acids is 3. The fourth-order valence-electron chi connectivity index (χ4n) is 3.36. The van der Waals surface area contributed by atoms with Crippen molar-refractivity contribution in [1.29, 1.82) is 0 Å².